The Morgan fingerprint density at radius 1 is 0.941 bits per heavy atom. The molecule has 2 rings (SSSR count). The molecule has 0 spiro atoms. The van der Waals surface area contributed by atoms with Crippen LogP contribution < -0.4 is 4.74 Å². The van der Waals surface area contributed by atoms with Crippen LogP contribution in [0.4, 0.5) is 0 Å². The summed E-state index contributed by atoms with van der Waals surface area (Å²) >= 11 is 9.52. The van der Waals surface area contributed by atoms with Gasteiger partial charge in [-0.1, -0.05) is 63.9 Å². The van der Waals surface area contributed by atoms with E-state index in [1.807, 2.05) is 48.5 Å². The number of rotatable bonds is 4. The molecule has 0 heterocycles. The number of hydrogen-bond donors (Lipinski definition) is 0. The number of ether oxygens (including phenoxy) is 1. The first-order valence-corrected chi connectivity index (χ1v) is 6.81. The third kappa shape index (κ3) is 3.24. The molecular weight excluding hydrogens is 300 g/mol. The van der Waals surface area contributed by atoms with Crippen molar-refractivity contribution in [2.75, 3.05) is 0 Å². The second-order valence-corrected chi connectivity index (χ2v) is 4.59. The molecule has 0 bridgehead atoms. The number of halogens is 2. The summed E-state index contributed by atoms with van der Waals surface area (Å²) in [4.78, 5) is 0. The molecule has 0 amide bonds. The van der Waals surface area contributed by atoms with Crippen molar-refractivity contribution in [3.63, 3.8) is 0 Å². The lowest BCUT2D eigenvalue weighted by atomic mass is 10.2. The van der Waals surface area contributed by atoms with Crippen molar-refractivity contribution in [2.24, 2.45) is 0 Å². The van der Waals surface area contributed by atoms with E-state index in [9.17, 15) is 0 Å². The van der Waals surface area contributed by atoms with E-state index in [0.717, 1.165) is 27.2 Å². The molecular formula is C14H12BrClO. The fourth-order valence-corrected chi connectivity index (χ4v) is 2.18. The van der Waals surface area contributed by atoms with Crippen LogP contribution in [0.2, 0.25) is 5.02 Å². The summed E-state index contributed by atoms with van der Waals surface area (Å²) in [6.45, 7) is 0.490. The second kappa shape index (κ2) is 6.08. The van der Waals surface area contributed by atoms with Gasteiger partial charge in [0.25, 0.3) is 0 Å². The normalized spacial score (nSPS) is 10.2. The van der Waals surface area contributed by atoms with Gasteiger partial charge < -0.3 is 4.74 Å². The average Bonchev–Trinajstić information content (AvgIpc) is 2.38. The van der Waals surface area contributed by atoms with Crippen molar-refractivity contribution in [3.8, 4) is 5.75 Å². The molecule has 1 nitrogen and oxygen atoms in total. The number of para-hydroxylation sites is 1. The zero-order valence-corrected chi connectivity index (χ0v) is 11.5. The zero-order chi connectivity index (χ0) is 12.1. The zero-order valence-electron chi connectivity index (χ0n) is 9.20. The monoisotopic (exact) mass is 310 g/mol. The van der Waals surface area contributed by atoms with Gasteiger partial charge in [0.2, 0.25) is 0 Å². The molecule has 0 aliphatic rings. The number of hydrogen-bond acceptors (Lipinski definition) is 1. The van der Waals surface area contributed by atoms with Gasteiger partial charge in [-0.15, -0.1) is 0 Å². The molecule has 0 unspecified atom stereocenters. The van der Waals surface area contributed by atoms with Crippen molar-refractivity contribution < 1.29 is 4.74 Å². The Morgan fingerprint density at radius 2 is 1.59 bits per heavy atom. The van der Waals surface area contributed by atoms with Crippen LogP contribution >= 0.6 is 27.5 Å². The Kier molecular flexibility index (Phi) is 4.46. The minimum absolute atomic E-state index is 0.490. The standard InChI is InChI=1S/C14H12BrClO/c15-9-11-5-2-4-8-14(11)17-10-12-6-1-3-7-13(12)16/h1-8H,9-10H2. The summed E-state index contributed by atoms with van der Waals surface area (Å²) in [5.41, 5.74) is 2.14. The Bertz CT molecular complexity index is 499. The van der Waals surface area contributed by atoms with Crippen molar-refractivity contribution in [3.05, 3.63) is 64.7 Å². The van der Waals surface area contributed by atoms with Crippen LogP contribution in [-0.4, -0.2) is 0 Å². The van der Waals surface area contributed by atoms with Crippen LogP contribution in [0.3, 0.4) is 0 Å². The predicted molar refractivity (Wildman–Crippen MR) is 74.9 cm³/mol. The molecule has 17 heavy (non-hydrogen) atoms. The number of alkyl halides is 1. The van der Waals surface area contributed by atoms with E-state index in [1.54, 1.807) is 0 Å². The highest BCUT2D eigenvalue weighted by Gasteiger charge is 2.03. The first-order chi connectivity index (χ1) is 8.31. The van der Waals surface area contributed by atoms with Gasteiger partial charge in [0.05, 0.1) is 0 Å². The van der Waals surface area contributed by atoms with Gasteiger partial charge in [0, 0.05) is 21.5 Å². The van der Waals surface area contributed by atoms with Gasteiger partial charge in [0.1, 0.15) is 12.4 Å². The summed E-state index contributed by atoms with van der Waals surface area (Å²) in [7, 11) is 0. The van der Waals surface area contributed by atoms with E-state index < -0.39 is 0 Å². The fourth-order valence-electron chi connectivity index (χ4n) is 1.53. The molecule has 0 atom stereocenters. The van der Waals surface area contributed by atoms with Crippen LogP contribution in [0.1, 0.15) is 11.1 Å². The average molecular weight is 312 g/mol. The van der Waals surface area contributed by atoms with Crippen LogP contribution in [0.25, 0.3) is 0 Å². The molecule has 0 N–H and O–H groups in total. The maximum Gasteiger partial charge on any atom is 0.123 e. The van der Waals surface area contributed by atoms with E-state index in [-0.39, 0.29) is 0 Å². The van der Waals surface area contributed by atoms with E-state index in [0.29, 0.717) is 6.61 Å². The van der Waals surface area contributed by atoms with E-state index in [1.165, 1.54) is 0 Å². The minimum Gasteiger partial charge on any atom is -0.489 e. The maximum atomic E-state index is 6.07. The van der Waals surface area contributed by atoms with Crippen LogP contribution in [0.15, 0.2) is 48.5 Å². The molecule has 88 valence electrons. The van der Waals surface area contributed by atoms with Crippen molar-refractivity contribution >= 4 is 27.5 Å². The molecule has 0 fully saturated rings. The second-order valence-electron chi connectivity index (χ2n) is 3.62. The van der Waals surface area contributed by atoms with Gasteiger partial charge in [-0.3, -0.25) is 0 Å². The summed E-state index contributed by atoms with van der Waals surface area (Å²) < 4.78 is 5.78. The highest BCUT2D eigenvalue weighted by molar-refractivity contribution is 9.08. The molecule has 0 saturated heterocycles. The summed E-state index contributed by atoms with van der Waals surface area (Å²) in [6.07, 6.45) is 0. The molecule has 0 radical (unpaired) electrons. The van der Waals surface area contributed by atoms with Gasteiger partial charge in [-0.25, -0.2) is 0 Å². The van der Waals surface area contributed by atoms with Gasteiger partial charge >= 0.3 is 0 Å². The topological polar surface area (TPSA) is 9.23 Å². The fraction of sp³-hybridized carbons (Fsp3) is 0.143. The number of benzene rings is 2. The van der Waals surface area contributed by atoms with Gasteiger partial charge in [-0.05, 0) is 12.1 Å². The Hall–Kier alpha value is -0.990. The third-order valence-corrected chi connectivity index (χ3v) is 3.43. The minimum atomic E-state index is 0.490. The molecule has 0 saturated carbocycles. The van der Waals surface area contributed by atoms with E-state index in [4.69, 9.17) is 16.3 Å². The molecule has 0 aliphatic carbocycles. The highest BCUT2D eigenvalue weighted by Crippen LogP contribution is 2.23. The summed E-state index contributed by atoms with van der Waals surface area (Å²) in [5.74, 6) is 0.893. The SMILES string of the molecule is Clc1ccccc1COc1ccccc1CBr. The van der Waals surface area contributed by atoms with E-state index >= 15 is 0 Å². The highest BCUT2D eigenvalue weighted by atomic mass is 79.9. The quantitative estimate of drug-likeness (QED) is 0.736. The summed E-state index contributed by atoms with van der Waals surface area (Å²) in [5, 5.41) is 1.52. The van der Waals surface area contributed by atoms with Crippen LogP contribution in [-0.2, 0) is 11.9 Å². The molecule has 2 aromatic carbocycles. The lowest BCUT2D eigenvalue weighted by Crippen LogP contribution is -1.98. The molecule has 3 heteroatoms. The maximum absolute atomic E-state index is 6.07. The summed E-state index contributed by atoms with van der Waals surface area (Å²) in [6, 6.07) is 15.7. The van der Waals surface area contributed by atoms with Crippen molar-refractivity contribution in [2.45, 2.75) is 11.9 Å². The Balaban J connectivity index is 2.10. The molecule has 2 aromatic rings. The first kappa shape index (κ1) is 12.5. The smallest absolute Gasteiger partial charge is 0.123 e. The van der Waals surface area contributed by atoms with Crippen molar-refractivity contribution in [1.29, 1.82) is 0 Å². The molecule has 0 aromatic heterocycles. The molecule has 0 aliphatic heterocycles. The lowest BCUT2D eigenvalue weighted by Gasteiger charge is -2.10. The lowest BCUT2D eigenvalue weighted by molar-refractivity contribution is 0.304. The van der Waals surface area contributed by atoms with Crippen LogP contribution in [0.5, 0.6) is 5.75 Å². The predicted octanol–water partition coefficient (Wildman–Crippen LogP) is 4.81. The van der Waals surface area contributed by atoms with Gasteiger partial charge in [0.15, 0.2) is 0 Å². The van der Waals surface area contributed by atoms with E-state index in [2.05, 4.69) is 15.9 Å². The third-order valence-electron chi connectivity index (χ3n) is 2.46. The van der Waals surface area contributed by atoms with Crippen LogP contribution in [0, 0.1) is 0 Å². The Labute approximate surface area is 115 Å². The first-order valence-electron chi connectivity index (χ1n) is 5.31. The Morgan fingerprint density at radius 3 is 2.29 bits per heavy atom. The largest absolute Gasteiger partial charge is 0.489 e. The van der Waals surface area contributed by atoms with Gasteiger partial charge in [-0.2, -0.15) is 0 Å². The van der Waals surface area contributed by atoms with Crippen molar-refractivity contribution in [1.82, 2.24) is 0 Å².